The van der Waals surface area contributed by atoms with E-state index in [0.29, 0.717) is 11.2 Å². The molecule has 82 valence electrons. The Morgan fingerprint density at radius 2 is 1.60 bits per heavy atom. The predicted octanol–water partition coefficient (Wildman–Crippen LogP) is 4.92. The van der Waals surface area contributed by atoms with Crippen LogP contribution in [0, 0.1) is 0 Å². The molecular weight excluding hydrogens is 200 g/mol. The minimum Gasteiger partial charge on any atom is -0.123 e. The summed E-state index contributed by atoms with van der Waals surface area (Å²) in [5.41, 5.74) is 2.64. The summed E-state index contributed by atoms with van der Waals surface area (Å²) < 4.78 is 0. The average molecular weight is 220 g/mol. The molecule has 0 saturated carbocycles. The Kier molecular flexibility index (Phi) is 4.46. The summed E-state index contributed by atoms with van der Waals surface area (Å²) in [7, 11) is 0. The van der Waals surface area contributed by atoms with Gasteiger partial charge in [0.15, 0.2) is 0 Å². The van der Waals surface area contributed by atoms with E-state index in [1.807, 2.05) is 11.8 Å². The maximum atomic E-state index is 4.10. The van der Waals surface area contributed by atoms with Gasteiger partial charge in [-0.3, -0.25) is 0 Å². The predicted molar refractivity (Wildman–Crippen MR) is 72.3 cm³/mol. The first-order chi connectivity index (χ1) is 7.00. The summed E-state index contributed by atoms with van der Waals surface area (Å²) in [6, 6.07) is 8.75. The van der Waals surface area contributed by atoms with Gasteiger partial charge in [-0.25, -0.2) is 0 Å². The van der Waals surface area contributed by atoms with Gasteiger partial charge in [0.25, 0.3) is 0 Å². The van der Waals surface area contributed by atoms with Gasteiger partial charge in [-0.05, 0) is 17.0 Å². The van der Waals surface area contributed by atoms with E-state index in [4.69, 9.17) is 0 Å². The van der Waals surface area contributed by atoms with Crippen molar-refractivity contribution in [3.8, 4) is 0 Å². The number of hydrogen-bond donors (Lipinski definition) is 0. The highest BCUT2D eigenvalue weighted by molar-refractivity contribution is 8.08. The zero-order valence-corrected chi connectivity index (χ0v) is 10.9. The monoisotopic (exact) mass is 220 g/mol. The molecule has 0 N–H and O–H groups in total. The van der Waals surface area contributed by atoms with Gasteiger partial charge in [-0.15, -0.1) is 11.8 Å². The molecule has 0 heterocycles. The molecule has 0 saturated heterocycles. The molecule has 0 unspecified atom stereocenters. The van der Waals surface area contributed by atoms with Crippen molar-refractivity contribution in [2.75, 3.05) is 0 Å². The van der Waals surface area contributed by atoms with Crippen molar-refractivity contribution in [2.45, 2.75) is 38.9 Å². The molecule has 0 amide bonds. The lowest BCUT2D eigenvalue weighted by Gasteiger charge is -2.10. The van der Waals surface area contributed by atoms with Crippen LogP contribution in [0.25, 0.3) is 4.91 Å². The van der Waals surface area contributed by atoms with E-state index < -0.39 is 0 Å². The van der Waals surface area contributed by atoms with Crippen LogP contribution in [0.2, 0.25) is 0 Å². The molecule has 0 bridgehead atoms. The molecule has 0 radical (unpaired) electrons. The van der Waals surface area contributed by atoms with E-state index in [1.54, 1.807) is 0 Å². The van der Waals surface area contributed by atoms with Gasteiger partial charge in [-0.2, -0.15) is 0 Å². The second-order valence-corrected chi connectivity index (χ2v) is 6.04. The smallest absolute Gasteiger partial charge is 0.00751 e. The van der Waals surface area contributed by atoms with Crippen LogP contribution in [-0.4, -0.2) is 5.25 Å². The molecule has 0 spiro atoms. The van der Waals surface area contributed by atoms with E-state index in [9.17, 15) is 0 Å². The molecular formula is C14H20S. The molecule has 0 aliphatic heterocycles. The lowest BCUT2D eigenvalue weighted by atomic mass is 10.0. The fourth-order valence-electron chi connectivity index (χ4n) is 1.41. The number of hydrogen-bond acceptors (Lipinski definition) is 1. The van der Waals surface area contributed by atoms with Gasteiger partial charge in [0.05, 0.1) is 0 Å². The molecule has 1 rings (SSSR count). The van der Waals surface area contributed by atoms with Gasteiger partial charge < -0.3 is 0 Å². The fourth-order valence-corrected chi connectivity index (χ4v) is 2.25. The normalized spacial score (nSPS) is 11.1. The highest BCUT2D eigenvalue weighted by Gasteiger charge is 2.03. The summed E-state index contributed by atoms with van der Waals surface area (Å²) in [6.45, 7) is 12.9. The molecule has 1 heteroatoms. The van der Waals surface area contributed by atoms with Gasteiger partial charge in [0.1, 0.15) is 0 Å². The zero-order valence-electron chi connectivity index (χ0n) is 10.1. The van der Waals surface area contributed by atoms with Crippen molar-refractivity contribution in [3.63, 3.8) is 0 Å². The number of thioether (sulfide) groups is 1. The molecule has 0 aliphatic carbocycles. The third-order valence-electron chi connectivity index (χ3n) is 2.28. The van der Waals surface area contributed by atoms with E-state index >= 15 is 0 Å². The Morgan fingerprint density at radius 3 is 2.00 bits per heavy atom. The topological polar surface area (TPSA) is 0 Å². The number of benzene rings is 1. The lowest BCUT2D eigenvalue weighted by molar-refractivity contribution is 0.866. The van der Waals surface area contributed by atoms with E-state index in [0.717, 1.165) is 0 Å². The molecule has 0 atom stereocenters. The van der Waals surface area contributed by atoms with Crippen LogP contribution in [0.15, 0.2) is 30.8 Å². The van der Waals surface area contributed by atoms with Crippen molar-refractivity contribution in [2.24, 2.45) is 0 Å². The molecule has 0 nitrogen and oxygen atoms in total. The molecule has 0 aromatic heterocycles. The Bertz CT molecular complexity index is 320. The van der Waals surface area contributed by atoms with Crippen LogP contribution in [0.1, 0.15) is 44.7 Å². The zero-order chi connectivity index (χ0) is 11.4. The first-order valence-corrected chi connectivity index (χ1v) is 6.34. The lowest BCUT2D eigenvalue weighted by Crippen LogP contribution is -1.90. The average Bonchev–Trinajstić information content (AvgIpc) is 2.17. The second-order valence-electron chi connectivity index (χ2n) is 4.37. The highest BCUT2D eigenvalue weighted by atomic mass is 32.2. The van der Waals surface area contributed by atoms with Crippen LogP contribution in [-0.2, 0) is 0 Å². The first-order valence-electron chi connectivity index (χ1n) is 5.46. The Labute approximate surface area is 97.8 Å². The molecule has 1 aromatic rings. The van der Waals surface area contributed by atoms with Crippen LogP contribution in [0.3, 0.4) is 0 Å². The van der Waals surface area contributed by atoms with Crippen LogP contribution in [0.5, 0.6) is 0 Å². The van der Waals surface area contributed by atoms with Crippen LogP contribution < -0.4 is 0 Å². The van der Waals surface area contributed by atoms with Gasteiger partial charge in [0.2, 0.25) is 0 Å². The van der Waals surface area contributed by atoms with Gasteiger partial charge in [0, 0.05) is 10.2 Å². The SMILES string of the molecule is C=C(SC(C)C)c1ccc(C(C)C)cc1. The van der Waals surface area contributed by atoms with E-state index in [2.05, 4.69) is 58.5 Å². The van der Waals surface area contributed by atoms with Crippen LogP contribution >= 0.6 is 11.8 Å². The maximum absolute atomic E-state index is 4.10. The quantitative estimate of drug-likeness (QED) is 0.694. The van der Waals surface area contributed by atoms with Crippen molar-refractivity contribution < 1.29 is 0 Å². The summed E-state index contributed by atoms with van der Waals surface area (Å²) >= 11 is 1.83. The van der Waals surface area contributed by atoms with Crippen LogP contribution in [0.4, 0.5) is 0 Å². The maximum Gasteiger partial charge on any atom is 0.00751 e. The highest BCUT2D eigenvalue weighted by Crippen LogP contribution is 2.29. The standard InChI is InChI=1S/C14H20S/c1-10(2)13-6-8-14(9-7-13)12(5)15-11(3)4/h6-11H,5H2,1-4H3. The molecule has 0 fully saturated rings. The van der Waals surface area contributed by atoms with Crippen molar-refractivity contribution >= 4 is 16.7 Å². The number of rotatable bonds is 4. The molecule has 0 aliphatic rings. The minimum atomic E-state index is 0.599. The second kappa shape index (κ2) is 5.41. The van der Waals surface area contributed by atoms with E-state index in [1.165, 1.54) is 16.0 Å². The first kappa shape index (κ1) is 12.4. The molecule has 1 aromatic carbocycles. The minimum absolute atomic E-state index is 0.599. The van der Waals surface area contributed by atoms with E-state index in [-0.39, 0.29) is 0 Å². The molecule has 15 heavy (non-hydrogen) atoms. The Balaban J connectivity index is 2.75. The fraction of sp³-hybridized carbons (Fsp3) is 0.429. The Morgan fingerprint density at radius 1 is 1.07 bits per heavy atom. The van der Waals surface area contributed by atoms with Gasteiger partial charge >= 0.3 is 0 Å². The summed E-state index contributed by atoms with van der Waals surface area (Å²) in [5.74, 6) is 0.602. The van der Waals surface area contributed by atoms with Crippen molar-refractivity contribution in [3.05, 3.63) is 42.0 Å². The van der Waals surface area contributed by atoms with Gasteiger partial charge in [-0.1, -0.05) is 58.5 Å². The summed E-state index contributed by atoms with van der Waals surface area (Å²) in [4.78, 5) is 1.17. The summed E-state index contributed by atoms with van der Waals surface area (Å²) in [5, 5.41) is 0.599. The summed E-state index contributed by atoms with van der Waals surface area (Å²) in [6.07, 6.45) is 0. The van der Waals surface area contributed by atoms with Crippen molar-refractivity contribution in [1.29, 1.82) is 0 Å². The Hall–Kier alpha value is -0.690. The van der Waals surface area contributed by atoms with Crippen molar-refractivity contribution in [1.82, 2.24) is 0 Å². The third-order valence-corrected chi connectivity index (χ3v) is 3.27. The third kappa shape index (κ3) is 3.75. The largest absolute Gasteiger partial charge is 0.123 e.